The van der Waals surface area contributed by atoms with E-state index in [0.717, 1.165) is 43.9 Å². The summed E-state index contributed by atoms with van der Waals surface area (Å²) in [6.07, 6.45) is 10.1. The Kier molecular flexibility index (Phi) is 3.85. The predicted molar refractivity (Wildman–Crippen MR) is 92.3 cm³/mol. The van der Waals surface area contributed by atoms with Crippen molar-refractivity contribution in [3.63, 3.8) is 0 Å². The van der Waals surface area contributed by atoms with Gasteiger partial charge in [-0.1, -0.05) is 13.8 Å². The fraction of sp³-hybridized carbons (Fsp3) is 0.905. The maximum Gasteiger partial charge on any atom is 0.302 e. The first kappa shape index (κ1) is 16.6. The van der Waals surface area contributed by atoms with Gasteiger partial charge in [-0.3, -0.25) is 9.59 Å². The molecule has 4 saturated carbocycles. The molecule has 4 aliphatic rings. The Hall–Kier alpha value is -0.860. The van der Waals surface area contributed by atoms with E-state index in [2.05, 4.69) is 13.8 Å². The molecule has 3 heteroatoms. The van der Waals surface area contributed by atoms with Crippen molar-refractivity contribution < 1.29 is 14.3 Å². The van der Waals surface area contributed by atoms with E-state index in [4.69, 9.17) is 4.74 Å². The van der Waals surface area contributed by atoms with Gasteiger partial charge in [0.15, 0.2) is 0 Å². The number of rotatable bonds is 1. The van der Waals surface area contributed by atoms with E-state index < -0.39 is 0 Å². The zero-order chi connectivity index (χ0) is 17.1. The van der Waals surface area contributed by atoms with E-state index >= 15 is 0 Å². The Morgan fingerprint density at radius 1 is 1.00 bits per heavy atom. The van der Waals surface area contributed by atoms with Crippen LogP contribution in [0.25, 0.3) is 0 Å². The SMILES string of the molecule is CC(=O)O[C@@H]1CC[C@@H]2[C@@H]3CC[C@H]4CCC(=O)C[C@]4(C)[C@@H]3CC[C@]21C. The Bertz CT molecular complexity index is 555. The van der Waals surface area contributed by atoms with Crippen LogP contribution in [-0.4, -0.2) is 17.9 Å². The first-order valence-electron chi connectivity index (χ1n) is 10.0. The third-order valence-corrected chi connectivity index (χ3v) is 8.64. The average molecular weight is 332 g/mol. The summed E-state index contributed by atoms with van der Waals surface area (Å²) in [6, 6.07) is 0. The van der Waals surface area contributed by atoms with Gasteiger partial charge in [-0.2, -0.15) is 0 Å². The van der Waals surface area contributed by atoms with Gasteiger partial charge in [-0.25, -0.2) is 0 Å². The van der Waals surface area contributed by atoms with Crippen LogP contribution in [0.5, 0.6) is 0 Å². The van der Waals surface area contributed by atoms with Gasteiger partial charge >= 0.3 is 5.97 Å². The van der Waals surface area contributed by atoms with Gasteiger partial charge in [0.2, 0.25) is 0 Å². The molecule has 4 fully saturated rings. The van der Waals surface area contributed by atoms with E-state index in [9.17, 15) is 9.59 Å². The number of hydrogen-bond donors (Lipinski definition) is 0. The maximum absolute atomic E-state index is 12.2. The van der Waals surface area contributed by atoms with Crippen molar-refractivity contribution in [1.29, 1.82) is 0 Å². The van der Waals surface area contributed by atoms with Crippen LogP contribution < -0.4 is 0 Å². The van der Waals surface area contributed by atoms with Crippen LogP contribution in [-0.2, 0) is 14.3 Å². The van der Waals surface area contributed by atoms with Crippen LogP contribution in [0.1, 0.15) is 78.6 Å². The molecule has 0 heterocycles. The van der Waals surface area contributed by atoms with Crippen LogP contribution in [0, 0.1) is 34.5 Å². The topological polar surface area (TPSA) is 43.4 Å². The van der Waals surface area contributed by atoms with Gasteiger partial charge in [0, 0.05) is 25.2 Å². The monoisotopic (exact) mass is 332 g/mol. The summed E-state index contributed by atoms with van der Waals surface area (Å²) in [7, 11) is 0. The van der Waals surface area contributed by atoms with Crippen molar-refractivity contribution in [3.8, 4) is 0 Å². The minimum absolute atomic E-state index is 0.111. The van der Waals surface area contributed by atoms with Crippen LogP contribution >= 0.6 is 0 Å². The quantitative estimate of drug-likeness (QED) is 0.663. The third-order valence-electron chi connectivity index (χ3n) is 8.64. The van der Waals surface area contributed by atoms with E-state index in [0.29, 0.717) is 17.6 Å². The summed E-state index contributed by atoms with van der Waals surface area (Å²) in [5, 5.41) is 0. The van der Waals surface area contributed by atoms with Gasteiger partial charge in [-0.15, -0.1) is 0 Å². The normalized spacial score (nSPS) is 50.6. The molecule has 0 spiro atoms. The Morgan fingerprint density at radius 3 is 2.50 bits per heavy atom. The minimum atomic E-state index is -0.127. The lowest BCUT2D eigenvalue weighted by molar-refractivity contribution is -0.163. The first-order chi connectivity index (χ1) is 11.3. The fourth-order valence-electron chi connectivity index (χ4n) is 7.48. The largest absolute Gasteiger partial charge is 0.462 e. The van der Waals surface area contributed by atoms with Gasteiger partial charge in [-0.05, 0) is 74.0 Å². The highest BCUT2D eigenvalue weighted by atomic mass is 16.5. The molecule has 0 aliphatic heterocycles. The Labute approximate surface area is 145 Å². The smallest absolute Gasteiger partial charge is 0.302 e. The zero-order valence-electron chi connectivity index (χ0n) is 15.5. The average Bonchev–Trinajstić information content (AvgIpc) is 2.82. The molecule has 134 valence electrons. The molecule has 7 atom stereocenters. The van der Waals surface area contributed by atoms with Gasteiger partial charge in [0.25, 0.3) is 0 Å². The van der Waals surface area contributed by atoms with Crippen LogP contribution in [0.4, 0.5) is 0 Å². The van der Waals surface area contributed by atoms with Gasteiger partial charge in [0.05, 0.1) is 0 Å². The molecule has 3 nitrogen and oxygen atoms in total. The molecule has 0 bridgehead atoms. The summed E-state index contributed by atoms with van der Waals surface area (Å²) in [5.74, 6) is 3.23. The molecule has 0 amide bonds. The molecular weight excluding hydrogens is 300 g/mol. The second kappa shape index (κ2) is 5.57. The molecule has 0 saturated heterocycles. The molecule has 4 rings (SSSR count). The molecule has 24 heavy (non-hydrogen) atoms. The molecular formula is C21H32O3. The standard InChI is InChI=1S/C21H32O3/c1-13(22)24-19-9-8-17-16-7-5-14-4-6-15(23)12-21(14,3)18(16)10-11-20(17,19)2/h14,16-19H,4-12H2,1-3H3/t14-,16+,17-,18-,19-,20-,21+/m1/s1. The number of carbonyl (C=O) groups is 2. The van der Waals surface area contributed by atoms with Crippen molar-refractivity contribution in [2.24, 2.45) is 34.5 Å². The second-order valence-electron chi connectivity index (χ2n) is 9.63. The highest BCUT2D eigenvalue weighted by molar-refractivity contribution is 5.80. The number of fused-ring (bicyclic) bond motifs is 5. The van der Waals surface area contributed by atoms with Crippen molar-refractivity contribution in [2.75, 3.05) is 0 Å². The molecule has 0 unspecified atom stereocenters. The van der Waals surface area contributed by atoms with Crippen LogP contribution in [0.3, 0.4) is 0 Å². The lowest BCUT2D eigenvalue weighted by Crippen LogP contribution is -2.54. The number of carbonyl (C=O) groups excluding carboxylic acids is 2. The fourth-order valence-corrected chi connectivity index (χ4v) is 7.48. The van der Waals surface area contributed by atoms with Crippen molar-refractivity contribution in [2.45, 2.75) is 84.7 Å². The molecule has 0 aromatic carbocycles. The second-order valence-corrected chi connectivity index (χ2v) is 9.63. The summed E-state index contributed by atoms with van der Waals surface area (Å²) < 4.78 is 5.72. The molecule has 0 aromatic rings. The molecule has 4 aliphatic carbocycles. The Morgan fingerprint density at radius 2 is 1.75 bits per heavy atom. The summed E-state index contributed by atoms with van der Waals surface area (Å²) in [4.78, 5) is 23.7. The highest BCUT2D eigenvalue weighted by Gasteiger charge is 2.61. The number of ketones is 1. The van der Waals surface area contributed by atoms with E-state index in [1.165, 1.54) is 25.7 Å². The van der Waals surface area contributed by atoms with E-state index in [1.54, 1.807) is 6.92 Å². The molecule has 0 radical (unpaired) electrons. The van der Waals surface area contributed by atoms with Crippen molar-refractivity contribution in [3.05, 3.63) is 0 Å². The summed E-state index contributed by atoms with van der Waals surface area (Å²) in [5.41, 5.74) is 0.397. The lowest BCUT2D eigenvalue weighted by Gasteiger charge is -2.59. The highest BCUT2D eigenvalue weighted by Crippen LogP contribution is 2.66. The number of esters is 1. The maximum atomic E-state index is 12.2. The van der Waals surface area contributed by atoms with Crippen LogP contribution in [0.2, 0.25) is 0 Å². The van der Waals surface area contributed by atoms with Crippen molar-refractivity contribution in [1.82, 2.24) is 0 Å². The van der Waals surface area contributed by atoms with E-state index in [-0.39, 0.29) is 22.9 Å². The molecule has 0 N–H and O–H groups in total. The molecule has 0 aromatic heterocycles. The number of Topliss-reactive ketones (excluding diaryl/α,β-unsaturated/α-hetero) is 1. The number of hydrogen-bond acceptors (Lipinski definition) is 3. The van der Waals surface area contributed by atoms with Gasteiger partial charge < -0.3 is 4.74 Å². The summed E-state index contributed by atoms with van der Waals surface area (Å²) >= 11 is 0. The Balaban J connectivity index is 1.60. The third kappa shape index (κ3) is 2.29. The van der Waals surface area contributed by atoms with Crippen molar-refractivity contribution >= 4 is 11.8 Å². The zero-order valence-corrected chi connectivity index (χ0v) is 15.5. The van der Waals surface area contributed by atoms with Gasteiger partial charge in [0.1, 0.15) is 11.9 Å². The minimum Gasteiger partial charge on any atom is -0.462 e. The van der Waals surface area contributed by atoms with Crippen LogP contribution in [0.15, 0.2) is 0 Å². The predicted octanol–water partition coefficient (Wildman–Crippen LogP) is 4.53. The lowest BCUT2D eigenvalue weighted by atomic mass is 9.45. The van der Waals surface area contributed by atoms with E-state index in [1.807, 2.05) is 0 Å². The summed E-state index contributed by atoms with van der Waals surface area (Å²) in [6.45, 7) is 6.34. The number of ether oxygens (including phenoxy) is 1. The first-order valence-corrected chi connectivity index (χ1v) is 10.0.